The first kappa shape index (κ1) is 19.6. The largest absolute Gasteiger partial charge is 0.459 e. The van der Waals surface area contributed by atoms with Crippen LogP contribution in [0.5, 0.6) is 6.01 Å². The van der Waals surface area contributed by atoms with Crippen LogP contribution >= 0.6 is 0 Å². The van der Waals surface area contributed by atoms with E-state index in [1.54, 1.807) is 37.3 Å². The van der Waals surface area contributed by atoms with E-state index in [9.17, 15) is 18.0 Å². The minimum Gasteiger partial charge on any atom is -0.459 e. The number of hydrogen-bond donors (Lipinski definition) is 0. The molecule has 0 bridgehead atoms. The van der Waals surface area contributed by atoms with Crippen molar-refractivity contribution in [2.75, 3.05) is 12.9 Å². The zero-order valence-electron chi connectivity index (χ0n) is 15.5. The Labute approximate surface area is 166 Å². The Morgan fingerprint density at radius 3 is 2.72 bits per heavy atom. The van der Waals surface area contributed by atoms with Crippen molar-refractivity contribution in [3.8, 4) is 6.01 Å². The Morgan fingerprint density at radius 1 is 1.31 bits per heavy atom. The smallest absolute Gasteiger partial charge is 0.338 e. The van der Waals surface area contributed by atoms with Crippen molar-refractivity contribution in [2.24, 2.45) is 0 Å². The monoisotopic (exact) mass is 424 g/mol. The average Bonchev–Trinajstić information content (AvgIpc) is 3.16. The Bertz CT molecular complexity index is 1100. The average molecular weight is 424 g/mol. The highest BCUT2D eigenvalue weighted by Crippen LogP contribution is 2.41. The number of aryl methyl sites for hydroxylation is 1. The summed E-state index contributed by atoms with van der Waals surface area (Å²) in [4.78, 5) is 27.8. The zero-order chi connectivity index (χ0) is 20.8. The van der Waals surface area contributed by atoms with E-state index in [1.807, 2.05) is 0 Å². The van der Waals surface area contributed by atoms with Gasteiger partial charge in [0.1, 0.15) is 18.8 Å². The van der Waals surface area contributed by atoms with Crippen LogP contribution in [0.2, 0.25) is 0 Å². The van der Waals surface area contributed by atoms with Gasteiger partial charge in [0, 0.05) is 11.8 Å². The second kappa shape index (κ2) is 7.25. The molecule has 0 amide bonds. The van der Waals surface area contributed by atoms with Crippen LogP contribution in [0.3, 0.4) is 0 Å². The fourth-order valence-corrected chi connectivity index (χ4v) is 3.91. The van der Waals surface area contributed by atoms with Gasteiger partial charge in [-0.25, -0.2) is 4.79 Å². The molecule has 29 heavy (non-hydrogen) atoms. The van der Waals surface area contributed by atoms with Gasteiger partial charge in [-0.3, -0.25) is 13.5 Å². The standard InChI is InChI=1S/C18H18N2O8S/c1-10-8-20-16-14(27-18(20)19-15(10)21)13(28-29(2,23)24)12(26-16)9-25-17(22)11-6-4-3-5-7-11/h3-8,12-14,16H,9H2,1-2H3/t12-,13-,14+,16-/m1/s1/i16+2. The lowest BCUT2D eigenvalue weighted by molar-refractivity contribution is -0.0467. The summed E-state index contributed by atoms with van der Waals surface area (Å²) in [6.45, 7) is 1.35. The Morgan fingerprint density at radius 2 is 2.03 bits per heavy atom. The molecule has 1 saturated heterocycles. The molecule has 0 radical (unpaired) electrons. The third kappa shape index (κ3) is 3.88. The van der Waals surface area contributed by atoms with E-state index >= 15 is 0 Å². The minimum atomic E-state index is -3.87. The molecule has 0 spiro atoms. The predicted molar refractivity (Wildman–Crippen MR) is 98.0 cm³/mol. The topological polar surface area (TPSA) is 123 Å². The van der Waals surface area contributed by atoms with Crippen molar-refractivity contribution in [1.29, 1.82) is 0 Å². The number of rotatable bonds is 5. The normalized spacial score (nSPS) is 25.2. The highest BCUT2D eigenvalue weighted by molar-refractivity contribution is 7.86. The Balaban J connectivity index is 1.56. The van der Waals surface area contributed by atoms with Gasteiger partial charge in [0.15, 0.2) is 12.3 Å². The number of fused-ring (bicyclic) bond motifs is 3. The maximum Gasteiger partial charge on any atom is 0.338 e. The van der Waals surface area contributed by atoms with Crippen LogP contribution in [-0.2, 0) is 23.8 Å². The minimum absolute atomic E-state index is 0.0115. The van der Waals surface area contributed by atoms with Gasteiger partial charge in [-0.05, 0) is 19.1 Å². The number of aromatic nitrogens is 2. The van der Waals surface area contributed by atoms with E-state index in [-0.39, 0.29) is 12.6 Å². The summed E-state index contributed by atoms with van der Waals surface area (Å²) in [5.41, 5.74) is 0.274. The summed E-state index contributed by atoms with van der Waals surface area (Å²) in [7, 11) is -3.87. The van der Waals surface area contributed by atoms with Crippen molar-refractivity contribution in [3.05, 3.63) is 58.0 Å². The van der Waals surface area contributed by atoms with E-state index in [4.69, 9.17) is 18.4 Å². The molecule has 0 unspecified atom stereocenters. The zero-order valence-corrected chi connectivity index (χ0v) is 16.4. The number of esters is 1. The molecule has 0 aliphatic carbocycles. The van der Waals surface area contributed by atoms with E-state index in [0.717, 1.165) is 6.26 Å². The number of hydrogen-bond acceptors (Lipinski definition) is 9. The molecule has 2 aromatic rings. The SMILES string of the molecule is Cc1cn2c(nc1=O)O[C@H]1[C@H](OS(C)(=O)=O)[C@@H](COC(=O)c3ccccc3)O[14C@H]12. The first-order chi connectivity index (χ1) is 13.7. The third-order valence-electron chi connectivity index (χ3n) is 4.56. The first-order valence-corrected chi connectivity index (χ1v) is 10.6. The molecule has 4 rings (SSSR count). The molecule has 1 aromatic heterocycles. The second-order valence-electron chi connectivity index (χ2n) is 6.80. The summed E-state index contributed by atoms with van der Waals surface area (Å²) < 4.78 is 47.0. The number of carbonyl (C=O) groups excluding carboxylic acids is 1. The van der Waals surface area contributed by atoms with E-state index in [1.165, 1.54) is 10.8 Å². The first-order valence-electron chi connectivity index (χ1n) is 8.75. The van der Waals surface area contributed by atoms with Gasteiger partial charge in [-0.15, -0.1) is 0 Å². The molecule has 1 aromatic carbocycles. The van der Waals surface area contributed by atoms with Crippen molar-refractivity contribution in [3.63, 3.8) is 0 Å². The number of benzene rings is 1. The van der Waals surface area contributed by atoms with E-state index in [0.29, 0.717) is 11.1 Å². The van der Waals surface area contributed by atoms with Gasteiger partial charge < -0.3 is 14.2 Å². The molecular formula is C18H18N2O8S. The summed E-state index contributed by atoms with van der Waals surface area (Å²) in [5.74, 6) is -0.577. The lowest BCUT2D eigenvalue weighted by Gasteiger charge is -2.20. The van der Waals surface area contributed by atoms with Crippen LogP contribution in [-0.4, -0.2) is 55.1 Å². The maximum absolute atomic E-state index is 12.2. The van der Waals surface area contributed by atoms with Crippen LogP contribution in [0, 0.1) is 6.92 Å². The molecule has 2 aliphatic rings. The summed E-state index contributed by atoms with van der Waals surface area (Å²) in [5, 5.41) is 0. The molecule has 0 saturated carbocycles. The van der Waals surface area contributed by atoms with Crippen molar-refractivity contribution in [1.82, 2.24) is 9.55 Å². The lowest BCUT2D eigenvalue weighted by Crippen LogP contribution is -2.40. The fourth-order valence-electron chi connectivity index (χ4n) is 3.27. The molecule has 2 aliphatic heterocycles. The van der Waals surface area contributed by atoms with Crippen LogP contribution in [0.1, 0.15) is 22.1 Å². The number of carbonyl (C=O) groups is 1. The molecule has 10 nitrogen and oxygen atoms in total. The summed E-state index contributed by atoms with van der Waals surface area (Å²) in [6, 6.07) is 8.37. The van der Waals surface area contributed by atoms with Gasteiger partial charge in [-0.1, -0.05) is 18.2 Å². The van der Waals surface area contributed by atoms with Gasteiger partial charge in [0.25, 0.3) is 15.7 Å². The molecule has 4 atom stereocenters. The number of nitrogens with zero attached hydrogens (tertiary/aromatic N) is 2. The summed E-state index contributed by atoms with van der Waals surface area (Å²) >= 11 is 0. The molecule has 11 heteroatoms. The molecule has 1 fully saturated rings. The van der Waals surface area contributed by atoms with Crippen LogP contribution < -0.4 is 10.3 Å². The Kier molecular flexibility index (Phi) is 4.89. The van der Waals surface area contributed by atoms with Crippen molar-refractivity contribution >= 4 is 16.1 Å². The van der Waals surface area contributed by atoms with Gasteiger partial charge in [0.05, 0.1) is 11.8 Å². The molecular weight excluding hydrogens is 406 g/mol. The molecule has 0 N–H and O–H groups in total. The lowest BCUT2D eigenvalue weighted by atomic mass is 10.2. The maximum atomic E-state index is 12.2. The van der Waals surface area contributed by atoms with Gasteiger partial charge in [-0.2, -0.15) is 13.4 Å². The second-order valence-corrected chi connectivity index (χ2v) is 8.40. The quantitative estimate of drug-likeness (QED) is 0.496. The van der Waals surface area contributed by atoms with Crippen molar-refractivity contribution < 1.29 is 31.6 Å². The van der Waals surface area contributed by atoms with E-state index < -0.39 is 46.2 Å². The van der Waals surface area contributed by atoms with Crippen LogP contribution in [0.25, 0.3) is 0 Å². The van der Waals surface area contributed by atoms with Gasteiger partial charge >= 0.3 is 12.0 Å². The Hall–Kier alpha value is -2.76. The summed E-state index contributed by atoms with van der Waals surface area (Å²) in [6.07, 6.45) is -1.22. The fraction of sp³-hybridized carbons (Fsp3) is 0.389. The van der Waals surface area contributed by atoms with Crippen molar-refractivity contribution in [2.45, 2.75) is 31.5 Å². The van der Waals surface area contributed by atoms with Gasteiger partial charge in [0.2, 0.25) is 0 Å². The molecule has 154 valence electrons. The number of ether oxygens (including phenoxy) is 3. The van der Waals surface area contributed by atoms with E-state index in [2.05, 4.69) is 4.98 Å². The third-order valence-corrected chi connectivity index (χ3v) is 5.14. The predicted octanol–water partition coefficient (Wildman–Crippen LogP) is 0.412. The van der Waals surface area contributed by atoms with Crippen LogP contribution in [0.4, 0.5) is 0 Å². The highest BCUT2D eigenvalue weighted by atomic mass is 32.2. The molecule has 3 heterocycles. The van der Waals surface area contributed by atoms with Crippen LogP contribution in [0.15, 0.2) is 41.3 Å². The highest BCUT2D eigenvalue weighted by Gasteiger charge is 2.54.